The Morgan fingerprint density at radius 2 is 2.00 bits per heavy atom. The maximum atomic E-state index is 12.0. The van der Waals surface area contributed by atoms with Gasteiger partial charge < -0.3 is 5.32 Å². The molecule has 2 rings (SSSR count). The first-order chi connectivity index (χ1) is 9.20. The first-order valence-corrected chi connectivity index (χ1v) is 7.59. The van der Waals surface area contributed by atoms with Gasteiger partial charge in [0, 0.05) is 5.69 Å². The van der Waals surface area contributed by atoms with Gasteiger partial charge in [0.25, 0.3) is 5.91 Å². The number of unbranched alkanes of at least 4 members (excludes halogenated alkanes) is 1. The summed E-state index contributed by atoms with van der Waals surface area (Å²) in [5.41, 5.74) is 2.10. The van der Waals surface area contributed by atoms with E-state index in [1.165, 1.54) is 29.7 Å². The Kier molecular flexibility index (Phi) is 5.00. The molecular weight excluding hydrogens is 278 g/mol. The van der Waals surface area contributed by atoms with Gasteiger partial charge in [-0.05, 0) is 42.0 Å². The number of nitrogens with one attached hydrogen (secondary N) is 1. The van der Waals surface area contributed by atoms with Gasteiger partial charge in [0.05, 0.1) is 5.02 Å². The quantitative estimate of drug-likeness (QED) is 0.826. The van der Waals surface area contributed by atoms with Gasteiger partial charge in [0.1, 0.15) is 4.88 Å². The van der Waals surface area contributed by atoms with Crippen LogP contribution >= 0.6 is 22.9 Å². The highest BCUT2D eigenvalue weighted by atomic mass is 35.5. The van der Waals surface area contributed by atoms with E-state index in [0.717, 1.165) is 12.1 Å². The summed E-state index contributed by atoms with van der Waals surface area (Å²) >= 11 is 7.28. The lowest BCUT2D eigenvalue weighted by Crippen LogP contribution is -2.10. The molecule has 4 heteroatoms. The van der Waals surface area contributed by atoms with E-state index in [9.17, 15) is 4.79 Å². The molecule has 0 aliphatic heterocycles. The van der Waals surface area contributed by atoms with Crippen LogP contribution in [0.15, 0.2) is 35.7 Å². The normalized spacial score (nSPS) is 10.4. The second kappa shape index (κ2) is 6.73. The second-order valence-corrected chi connectivity index (χ2v) is 5.68. The molecule has 0 aliphatic rings. The van der Waals surface area contributed by atoms with E-state index in [-0.39, 0.29) is 5.91 Å². The molecule has 0 saturated carbocycles. The van der Waals surface area contributed by atoms with Gasteiger partial charge in [0.15, 0.2) is 0 Å². The molecule has 1 amide bonds. The van der Waals surface area contributed by atoms with Crippen molar-refractivity contribution in [1.82, 2.24) is 0 Å². The SMILES string of the molecule is CCCCc1ccc(NC(=O)c2sccc2Cl)cc1. The van der Waals surface area contributed by atoms with Gasteiger partial charge in [-0.3, -0.25) is 4.79 Å². The number of amides is 1. The Morgan fingerprint density at radius 1 is 1.26 bits per heavy atom. The van der Waals surface area contributed by atoms with Crippen molar-refractivity contribution >= 4 is 34.5 Å². The summed E-state index contributed by atoms with van der Waals surface area (Å²) in [6.07, 6.45) is 3.47. The van der Waals surface area contributed by atoms with Gasteiger partial charge in [-0.25, -0.2) is 0 Å². The van der Waals surface area contributed by atoms with Crippen molar-refractivity contribution in [2.45, 2.75) is 26.2 Å². The highest BCUT2D eigenvalue weighted by Crippen LogP contribution is 2.23. The molecule has 0 bridgehead atoms. The highest BCUT2D eigenvalue weighted by Gasteiger charge is 2.11. The Balaban J connectivity index is 2.00. The maximum Gasteiger partial charge on any atom is 0.267 e. The number of halogens is 1. The van der Waals surface area contributed by atoms with Crippen molar-refractivity contribution in [3.05, 3.63) is 51.2 Å². The zero-order valence-electron chi connectivity index (χ0n) is 10.8. The third-order valence-corrected chi connectivity index (χ3v) is 4.19. The van der Waals surface area contributed by atoms with Crippen LogP contribution in [0.2, 0.25) is 5.02 Å². The van der Waals surface area contributed by atoms with Crippen LogP contribution < -0.4 is 5.32 Å². The average molecular weight is 294 g/mol. The molecule has 0 fully saturated rings. The van der Waals surface area contributed by atoms with Crippen LogP contribution in [0.3, 0.4) is 0 Å². The third kappa shape index (κ3) is 3.82. The Labute approximate surface area is 122 Å². The summed E-state index contributed by atoms with van der Waals surface area (Å²) < 4.78 is 0. The van der Waals surface area contributed by atoms with Crippen LogP contribution in [0.25, 0.3) is 0 Å². The summed E-state index contributed by atoms with van der Waals surface area (Å²) in [6.45, 7) is 2.18. The van der Waals surface area contributed by atoms with Crippen LogP contribution in [0.4, 0.5) is 5.69 Å². The standard InChI is InChI=1S/C15H16ClNOS/c1-2-3-4-11-5-7-12(8-6-11)17-15(18)14-13(16)9-10-19-14/h5-10H,2-4H2,1H3,(H,17,18). The van der Waals surface area contributed by atoms with Gasteiger partial charge in [-0.2, -0.15) is 0 Å². The zero-order valence-corrected chi connectivity index (χ0v) is 12.4. The average Bonchev–Trinajstić information content (AvgIpc) is 2.84. The molecule has 2 aromatic rings. The van der Waals surface area contributed by atoms with Gasteiger partial charge in [0.2, 0.25) is 0 Å². The van der Waals surface area contributed by atoms with E-state index in [4.69, 9.17) is 11.6 Å². The predicted molar refractivity (Wildman–Crippen MR) is 82.3 cm³/mol. The molecule has 0 radical (unpaired) electrons. The van der Waals surface area contributed by atoms with Crippen LogP contribution in [0.5, 0.6) is 0 Å². The smallest absolute Gasteiger partial charge is 0.267 e. The van der Waals surface area contributed by atoms with Crippen molar-refractivity contribution < 1.29 is 4.79 Å². The molecule has 100 valence electrons. The van der Waals surface area contributed by atoms with Crippen molar-refractivity contribution in [2.75, 3.05) is 5.32 Å². The number of thiophene rings is 1. The minimum absolute atomic E-state index is 0.152. The van der Waals surface area contributed by atoms with E-state index >= 15 is 0 Å². The molecule has 1 aromatic carbocycles. The summed E-state index contributed by atoms with van der Waals surface area (Å²) in [5.74, 6) is -0.152. The van der Waals surface area contributed by atoms with Crippen LogP contribution in [0, 0.1) is 0 Å². The van der Waals surface area contributed by atoms with E-state index in [2.05, 4.69) is 24.4 Å². The zero-order chi connectivity index (χ0) is 13.7. The lowest BCUT2D eigenvalue weighted by atomic mass is 10.1. The molecular formula is C15H16ClNOS. The van der Waals surface area contributed by atoms with E-state index < -0.39 is 0 Å². The molecule has 1 heterocycles. The summed E-state index contributed by atoms with van der Waals surface area (Å²) in [4.78, 5) is 12.5. The minimum Gasteiger partial charge on any atom is -0.321 e. The van der Waals surface area contributed by atoms with Gasteiger partial charge >= 0.3 is 0 Å². The molecule has 1 N–H and O–H groups in total. The number of aryl methyl sites for hydroxylation is 1. The Bertz CT molecular complexity index is 548. The number of hydrogen-bond acceptors (Lipinski definition) is 2. The van der Waals surface area contributed by atoms with Crippen LogP contribution in [-0.2, 0) is 6.42 Å². The number of carbonyl (C=O) groups is 1. The van der Waals surface area contributed by atoms with Crippen molar-refractivity contribution in [2.24, 2.45) is 0 Å². The number of anilines is 1. The molecule has 0 aliphatic carbocycles. The summed E-state index contributed by atoms with van der Waals surface area (Å²) in [6, 6.07) is 9.71. The number of rotatable bonds is 5. The largest absolute Gasteiger partial charge is 0.321 e. The van der Waals surface area contributed by atoms with E-state index in [0.29, 0.717) is 9.90 Å². The fourth-order valence-corrected chi connectivity index (χ4v) is 2.82. The predicted octanol–water partition coefficient (Wildman–Crippen LogP) is 5.00. The molecule has 0 spiro atoms. The third-order valence-electron chi connectivity index (χ3n) is 2.85. The van der Waals surface area contributed by atoms with Gasteiger partial charge in [-0.1, -0.05) is 37.1 Å². The Morgan fingerprint density at radius 3 is 2.58 bits per heavy atom. The summed E-state index contributed by atoms with van der Waals surface area (Å²) in [5, 5.41) is 5.17. The minimum atomic E-state index is -0.152. The first-order valence-electron chi connectivity index (χ1n) is 6.34. The summed E-state index contributed by atoms with van der Waals surface area (Å²) in [7, 11) is 0. The molecule has 19 heavy (non-hydrogen) atoms. The number of carbonyl (C=O) groups excluding carboxylic acids is 1. The lowest BCUT2D eigenvalue weighted by Gasteiger charge is -2.05. The molecule has 0 unspecified atom stereocenters. The number of hydrogen-bond donors (Lipinski definition) is 1. The van der Waals surface area contributed by atoms with E-state index in [1.807, 2.05) is 17.5 Å². The van der Waals surface area contributed by atoms with Crippen molar-refractivity contribution in [1.29, 1.82) is 0 Å². The molecule has 0 atom stereocenters. The monoisotopic (exact) mass is 293 g/mol. The molecule has 2 nitrogen and oxygen atoms in total. The Hall–Kier alpha value is -1.32. The highest BCUT2D eigenvalue weighted by molar-refractivity contribution is 7.12. The first kappa shape index (κ1) is 14.1. The fourth-order valence-electron chi connectivity index (χ4n) is 1.78. The van der Waals surface area contributed by atoms with Gasteiger partial charge in [-0.15, -0.1) is 11.3 Å². The topological polar surface area (TPSA) is 29.1 Å². The number of benzene rings is 1. The van der Waals surface area contributed by atoms with E-state index in [1.54, 1.807) is 6.07 Å². The van der Waals surface area contributed by atoms with Crippen molar-refractivity contribution in [3.8, 4) is 0 Å². The van der Waals surface area contributed by atoms with Crippen LogP contribution in [-0.4, -0.2) is 5.91 Å². The van der Waals surface area contributed by atoms with Crippen molar-refractivity contribution in [3.63, 3.8) is 0 Å². The molecule has 1 aromatic heterocycles. The molecule has 0 saturated heterocycles. The van der Waals surface area contributed by atoms with Crippen LogP contribution in [0.1, 0.15) is 35.0 Å². The lowest BCUT2D eigenvalue weighted by molar-refractivity contribution is 0.103. The second-order valence-electron chi connectivity index (χ2n) is 4.35. The fraction of sp³-hybridized carbons (Fsp3) is 0.267. The maximum absolute atomic E-state index is 12.0.